The van der Waals surface area contributed by atoms with E-state index in [0.29, 0.717) is 16.1 Å². The second-order valence-electron chi connectivity index (χ2n) is 6.10. The molecular weight excluding hydrogens is 353 g/mol. The first-order chi connectivity index (χ1) is 12.4. The van der Waals surface area contributed by atoms with E-state index >= 15 is 0 Å². The number of rotatable bonds is 5. The molecule has 8 heteroatoms. The zero-order chi connectivity index (χ0) is 18.8. The van der Waals surface area contributed by atoms with Gasteiger partial charge in [0.1, 0.15) is 16.9 Å². The molecule has 26 heavy (non-hydrogen) atoms. The summed E-state index contributed by atoms with van der Waals surface area (Å²) in [4.78, 5) is 17.8. The molecule has 0 aliphatic rings. The van der Waals surface area contributed by atoms with Crippen LogP contribution >= 0.6 is 11.3 Å². The Morgan fingerprint density at radius 3 is 2.77 bits per heavy atom. The molecular formula is C18H20FN5OS. The number of nitrogens with zero attached hydrogens (tertiary/aromatic N) is 3. The molecule has 6 nitrogen and oxygen atoms in total. The number of halogens is 1. The van der Waals surface area contributed by atoms with Gasteiger partial charge in [-0.15, -0.1) is 11.3 Å². The Morgan fingerprint density at radius 1 is 1.38 bits per heavy atom. The smallest absolute Gasteiger partial charge is 0.242 e. The summed E-state index contributed by atoms with van der Waals surface area (Å²) in [5, 5.41) is 7.52. The van der Waals surface area contributed by atoms with Gasteiger partial charge in [0.2, 0.25) is 5.91 Å². The van der Waals surface area contributed by atoms with Crippen LogP contribution in [0.4, 0.5) is 4.39 Å². The fourth-order valence-corrected chi connectivity index (χ4v) is 3.78. The Morgan fingerprint density at radius 2 is 2.12 bits per heavy atom. The van der Waals surface area contributed by atoms with Crippen LogP contribution in [0.15, 0.2) is 36.7 Å². The highest BCUT2D eigenvalue weighted by molar-refractivity contribution is 7.15. The van der Waals surface area contributed by atoms with Gasteiger partial charge in [-0.3, -0.25) is 9.48 Å². The third-order valence-electron chi connectivity index (χ3n) is 4.06. The van der Waals surface area contributed by atoms with Crippen LogP contribution < -0.4 is 11.1 Å². The number of hydrogen-bond donors (Lipinski definition) is 2. The fraction of sp³-hybridized carbons (Fsp3) is 0.278. The molecule has 3 N–H and O–H groups in total. The predicted octanol–water partition coefficient (Wildman–Crippen LogP) is 2.87. The van der Waals surface area contributed by atoms with Crippen LogP contribution in [0.25, 0.3) is 10.6 Å². The molecule has 0 aliphatic carbocycles. The van der Waals surface area contributed by atoms with Crippen molar-refractivity contribution >= 4 is 17.2 Å². The number of aromatic nitrogens is 3. The van der Waals surface area contributed by atoms with Crippen LogP contribution in [-0.4, -0.2) is 20.7 Å². The quantitative estimate of drug-likeness (QED) is 0.720. The number of nitrogens with one attached hydrogen (secondary N) is 1. The Labute approximate surface area is 154 Å². The molecule has 3 aromatic rings. The summed E-state index contributed by atoms with van der Waals surface area (Å²) in [6, 6.07) is 5.42. The molecule has 2 atom stereocenters. The molecule has 2 unspecified atom stereocenters. The molecule has 0 spiro atoms. The Bertz CT molecular complexity index is 935. The summed E-state index contributed by atoms with van der Waals surface area (Å²) in [5.41, 5.74) is 7.87. The highest BCUT2D eigenvalue weighted by atomic mass is 32.1. The van der Waals surface area contributed by atoms with Gasteiger partial charge in [-0.05, 0) is 26.0 Å². The minimum atomic E-state index is -0.801. The van der Waals surface area contributed by atoms with E-state index in [1.54, 1.807) is 42.3 Å². The average molecular weight is 373 g/mol. The summed E-state index contributed by atoms with van der Waals surface area (Å²) in [6.07, 6.45) is 3.28. The highest BCUT2D eigenvalue weighted by Gasteiger charge is 2.22. The molecule has 1 amide bonds. The number of aryl methyl sites for hydroxylation is 2. The molecule has 0 bridgehead atoms. The summed E-state index contributed by atoms with van der Waals surface area (Å²) < 4.78 is 15.6. The molecule has 0 aliphatic heterocycles. The van der Waals surface area contributed by atoms with Crippen LogP contribution in [0, 0.1) is 12.7 Å². The van der Waals surface area contributed by atoms with Crippen molar-refractivity contribution in [2.24, 2.45) is 12.8 Å². The van der Waals surface area contributed by atoms with E-state index in [9.17, 15) is 9.18 Å². The van der Waals surface area contributed by atoms with Gasteiger partial charge in [0, 0.05) is 24.4 Å². The fourth-order valence-electron chi connectivity index (χ4n) is 2.68. The molecule has 136 valence electrons. The lowest BCUT2D eigenvalue weighted by Gasteiger charge is -2.16. The second kappa shape index (κ2) is 7.35. The van der Waals surface area contributed by atoms with Crippen LogP contribution in [0.1, 0.15) is 35.1 Å². The lowest BCUT2D eigenvalue weighted by Crippen LogP contribution is -2.35. The van der Waals surface area contributed by atoms with Gasteiger partial charge >= 0.3 is 0 Å². The van der Waals surface area contributed by atoms with Crippen molar-refractivity contribution in [1.82, 2.24) is 20.1 Å². The van der Waals surface area contributed by atoms with Gasteiger partial charge in [0.15, 0.2) is 0 Å². The maximum atomic E-state index is 14.0. The number of thiazole rings is 1. The zero-order valence-corrected chi connectivity index (χ0v) is 15.5. The maximum Gasteiger partial charge on any atom is 0.242 e. The third kappa shape index (κ3) is 3.66. The Hall–Kier alpha value is -2.58. The maximum absolute atomic E-state index is 14.0. The summed E-state index contributed by atoms with van der Waals surface area (Å²) >= 11 is 1.37. The summed E-state index contributed by atoms with van der Waals surface area (Å²) in [5.74, 6) is -0.617. The van der Waals surface area contributed by atoms with Crippen molar-refractivity contribution in [3.8, 4) is 10.6 Å². The number of amides is 1. The molecule has 2 aromatic heterocycles. The van der Waals surface area contributed by atoms with Crippen molar-refractivity contribution in [3.05, 3.63) is 58.6 Å². The average Bonchev–Trinajstić information content (AvgIpc) is 3.20. The SMILES string of the molecule is Cc1nc(-c2ccccc2F)sc1C(C)NC(=O)C(N)c1cnn(C)c1. The number of hydrogen-bond acceptors (Lipinski definition) is 5. The summed E-state index contributed by atoms with van der Waals surface area (Å²) in [6.45, 7) is 3.71. The van der Waals surface area contributed by atoms with Crippen LogP contribution in [0.2, 0.25) is 0 Å². The van der Waals surface area contributed by atoms with Crippen molar-refractivity contribution in [3.63, 3.8) is 0 Å². The van der Waals surface area contributed by atoms with Gasteiger partial charge in [0.05, 0.1) is 22.8 Å². The van der Waals surface area contributed by atoms with Crippen molar-refractivity contribution in [2.75, 3.05) is 0 Å². The van der Waals surface area contributed by atoms with Crippen LogP contribution in [-0.2, 0) is 11.8 Å². The number of carbonyl (C=O) groups is 1. The molecule has 2 heterocycles. The van der Waals surface area contributed by atoms with Gasteiger partial charge < -0.3 is 11.1 Å². The minimum absolute atomic E-state index is 0.289. The molecule has 0 saturated carbocycles. The van der Waals surface area contributed by atoms with Crippen molar-refractivity contribution in [1.29, 1.82) is 0 Å². The van der Waals surface area contributed by atoms with E-state index in [1.165, 1.54) is 17.4 Å². The third-order valence-corrected chi connectivity index (χ3v) is 5.43. The second-order valence-corrected chi connectivity index (χ2v) is 7.13. The first-order valence-corrected chi connectivity index (χ1v) is 8.95. The van der Waals surface area contributed by atoms with E-state index < -0.39 is 6.04 Å². The number of benzene rings is 1. The van der Waals surface area contributed by atoms with Gasteiger partial charge in [-0.2, -0.15) is 5.10 Å². The predicted molar refractivity (Wildman–Crippen MR) is 98.9 cm³/mol. The zero-order valence-electron chi connectivity index (χ0n) is 14.7. The number of carbonyl (C=O) groups excluding carboxylic acids is 1. The van der Waals surface area contributed by atoms with Crippen LogP contribution in [0.3, 0.4) is 0 Å². The van der Waals surface area contributed by atoms with Gasteiger partial charge in [0.25, 0.3) is 0 Å². The van der Waals surface area contributed by atoms with Crippen molar-refractivity contribution in [2.45, 2.75) is 25.9 Å². The van der Waals surface area contributed by atoms with E-state index in [0.717, 1.165) is 10.6 Å². The largest absolute Gasteiger partial charge is 0.347 e. The highest BCUT2D eigenvalue weighted by Crippen LogP contribution is 2.33. The molecule has 0 radical (unpaired) electrons. The molecule has 0 saturated heterocycles. The first kappa shape index (κ1) is 18.2. The standard InChI is InChI=1S/C18H20FN5OS/c1-10(22-17(25)15(20)12-8-21-24(3)9-12)16-11(2)23-18(26-16)13-6-4-5-7-14(13)19/h4-10,15H,20H2,1-3H3,(H,22,25). The van der Waals surface area contributed by atoms with E-state index in [2.05, 4.69) is 15.4 Å². The lowest BCUT2D eigenvalue weighted by atomic mass is 10.1. The van der Waals surface area contributed by atoms with E-state index in [4.69, 9.17) is 5.73 Å². The normalized spacial score (nSPS) is 13.4. The Kier molecular flexibility index (Phi) is 5.15. The monoisotopic (exact) mass is 373 g/mol. The molecule has 1 aromatic carbocycles. The van der Waals surface area contributed by atoms with Crippen molar-refractivity contribution < 1.29 is 9.18 Å². The Balaban J connectivity index is 1.77. The topological polar surface area (TPSA) is 85.8 Å². The van der Waals surface area contributed by atoms with Gasteiger partial charge in [-0.1, -0.05) is 12.1 Å². The van der Waals surface area contributed by atoms with Gasteiger partial charge in [-0.25, -0.2) is 9.37 Å². The minimum Gasteiger partial charge on any atom is -0.347 e. The summed E-state index contributed by atoms with van der Waals surface area (Å²) in [7, 11) is 1.77. The molecule has 3 rings (SSSR count). The number of nitrogens with two attached hydrogens (primary N) is 1. The lowest BCUT2D eigenvalue weighted by molar-refractivity contribution is -0.123. The first-order valence-electron chi connectivity index (χ1n) is 8.13. The molecule has 0 fully saturated rings. The van der Waals surface area contributed by atoms with Crippen LogP contribution in [0.5, 0.6) is 0 Å². The van der Waals surface area contributed by atoms with E-state index in [-0.39, 0.29) is 17.8 Å². The van der Waals surface area contributed by atoms with E-state index in [1.807, 2.05) is 13.8 Å².